The molecule has 0 bridgehead atoms. The lowest BCUT2D eigenvalue weighted by atomic mass is 10.1. The summed E-state index contributed by atoms with van der Waals surface area (Å²) in [6, 6.07) is 18.7. The Labute approximate surface area is 155 Å². The molecule has 0 saturated carbocycles. The highest BCUT2D eigenvalue weighted by Gasteiger charge is 2.13. The van der Waals surface area contributed by atoms with Crippen molar-refractivity contribution in [1.82, 2.24) is 20.3 Å². The van der Waals surface area contributed by atoms with Crippen LogP contribution in [0.3, 0.4) is 0 Å². The third-order valence-electron chi connectivity index (χ3n) is 4.21. The molecule has 0 saturated heterocycles. The maximum atomic E-state index is 5.09. The third kappa shape index (κ3) is 5.00. The number of benzene rings is 2. The van der Waals surface area contributed by atoms with Gasteiger partial charge < -0.3 is 10.1 Å². The molecule has 136 valence electrons. The molecule has 0 aliphatic carbocycles. The van der Waals surface area contributed by atoms with Crippen molar-refractivity contribution in [3.63, 3.8) is 0 Å². The zero-order chi connectivity index (χ0) is 18.2. The van der Waals surface area contributed by atoms with Gasteiger partial charge in [0, 0.05) is 25.8 Å². The van der Waals surface area contributed by atoms with Crippen molar-refractivity contribution >= 4 is 0 Å². The zero-order valence-electron chi connectivity index (χ0n) is 15.5. The molecule has 3 rings (SSSR count). The van der Waals surface area contributed by atoms with Gasteiger partial charge in [0.15, 0.2) is 0 Å². The van der Waals surface area contributed by atoms with Gasteiger partial charge in [-0.25, -0.2) is 0 Å². The number of hydrogen-bond donors (Lipinski definition) is 1. The second-order valence-corrected chi connectivity index (χ2v) is 6.40. The summed E-state index contributed by atoms with van der Waals surface area (Å²) < 4.78 is 5.09. The Morgan fingerprint density at radius 2 is 1.77 bits per heavy atom. The average Bonchev–Trinajstić information content (AvgIpc) is 3.07. The van der Waals surface area contributed by atoms with E-state index in [0.29, 0.717) is 13.1 Å². The van der Waals surface area contributed by atoms with Gasteiger partial charge in [0.05, 0.1) is 6.54 Å². The summed E-state index contributed by atoms with van der Waals surface area (Å²) in [7, 11) is 1.73. The summed E-state index contributed by atoms with van der Waals surface area (Å²) in [6.07, 6.45) is 0.981. The van der Waals surface area contributed by atoms with Crippen molar-refractivity contribution in [3.8, 4) is 11.3 Å². The van der Waals surface area contributed by atoms with Crippen LogP contribution < -0.4 is 5.32 Å². The Kier molecular flexibility index (Phi) is 6.52. The minimum atomic E-state index is 0.670. The van der Waals surface area contributed by atoms with Crippen LogP contribution >= 0.6 is 0 Å². The summed E-state index contributed by atoms with van der Waals surface area (Å²) in [5.41, 5.74) is 5.46. The van der Waals surface area contributed by atoms with Crippen molar-refractivity contribution in [3.05, 3.63) is 71.4 Å². The zero-order valence-corrected chi connectivity index (χ0v) is 15.5. The normalized spacial score (nSPS) is 11.0. The molecule has 3 aromatic rings. The molecular formula is C21H26N4O. The number of hydrogen-bond acceptors (Lipinski definition) is 4. The largest absolute Gasteiger partial charge is 0.385 e. The van der Waals surface area contributed by atoms with E-state index >= 15 is 0 Å². The lowest BCUT2D eigenvalue weighted by Crippen LogP contribution is -2.17. The maximum absolute atomic E-state index is 5.09. The van der Waals surface area contributed by atoms with Crippen molar-refractivity contribution in [2.75, 3.05) is 20.3 Å². The van der Waals surface area contributed by atoms with E-state index in [9.17, 15) is 0 Å². The topological polar surface area (TPSA) is 52.0 Å². The Balaban J connectivity index is 1.76. The van der Waals surface area contributed by atoms with Gasteiger partial charge in [0.2, 0.25) is 0 Å². The SMILES string of the molecule is COCCCNCc1nn(Cc2ccc(C)cc2)nc1-c1ccccc1. The molecule has 2 aromatic carbocycles. The monoisotopic (exact) mass is 350 g/mol. The molecule has 26 heavy (non-hydrogen) atoms. The maximum Gasteiger partial charge on any atom is 0.117 e. The minimum absolute atomic E-state index is 0.670. The first-order valence-corrected chi connectivity index (χ1v) is 9.01. The first kappa shape index (κ1) is 18.3. The number of aryl methyl sites for hydroxylation is 1. The molecule has 0 atom stereocenters. The highest BCUT2D eigenvalue weighted by atomic mass is 16.5. The van der Waals surface area contributed by atoms with E-state index < -0.39 is 0 Å². The summed E-state index contributed by atoms with van der Waals surface area (Å²) >= 11 is 0. The molecule has 0 aliphatic heterocycles. The number of nitrogens with zero attached hydrogens (tertiary/aromatic N) is 3. The molecule has 0 fully saturated rings. The van der Waals surface area contributed by atoms with E-state index in [1.807, 2.05) is 18.2 Å². The van der Waals surface area contributed by atoms with Crippen molar-refractivity contribution in [2.45, 2.75) is 26.4 Å². The number of rotatable bonds is 9. The van der Waals surface area contributed by atoms with E-state index in [4.69, 9.17) is 14.9 Å². The number of aromatic nitrogens is 3. The Morgan fingerprint density at radius 1 is 1.00 bits per heavy atom. The molecule has 0 spiro atoms. The minimum Gasteiger partial charge on any atom is -0.385 e. The van der Waals surface area contributed by atoms with Crippen LogP contribution in [-0.4, -0.2) is 35.3 Å². The summed E-state index contributed by atoms with van der Waals surface area (Å²) in [5.74, 6) is 0. The Bertz CT molecular complexity index is 797. The quantitative estimate of drug-likeness (QED) is 0.601. The van der Waals surface area contributed by atoms with Gasteiger partial charge in [-0.3, -0.25) is 0 Å². The van der Waals surface area contributed by atoms with Gasteiger partial charge in [-0.2, -0.15) is 15.0 Å². The van der Waals surface area contributed by atoms with E-state index in [0.717, 1.165) is 36.5 Å². The standard InChI is InChI=1S/C21H26N4O/c1-17-9-11-18(12-10-17)16-25-23-20(15-22-13-6-14-26-2)21(24-25)19-7-4-3-5-8-19/h3-5,7-12,22H,6,13-16H2,1-2H3. The van der Waals surface area contributed by atoms with Crippen molar-refractivity contribution < 1.29 is 4.74 Å². The van der Waals surface area contributed by atoms with Crippen LogP contribution in [0.15, 0.2) is 54.6 Å². The summed E-state index contributed by atoms with van der Waals surface area (Å²) in [5, 5.41) is 12.9. The molecule has 1 heterocycles. The van der Waals surface area contributed by atoms with Crippen LogP contribution in [0.2, 0.25) is 0 Å². The van der Waals surface area contributed by atoms with Crippen molar-refractivity contribution in [2.24, 2.45) is 0 Å². The van der Waals surface area contributed by atoms with Crippen LogP contribution in [0.4, 0.5) is 0 Å². The van der Waals surface area contributed by atoms with Gasteiger partial charge in [-0.15, -0.1) is 0 Å². The van der Waals surface area contributed by atoms with Crippen molar-refractivity contribution in [1.29, 1.82) is 0 Å². The number of methoxy groups -OCH3 is 1. The molecular weight excluding hydrogens is 324 g/mol. The van der Waals surface area contributed by atoms with Crippen LogP contribution in [-0.2, 0) is 17.8 Å². The lowest BCUT2D eigenvalue weighted by molar-refractivity contribution is 0.194. The van der Waals surface area contributed by atoms with Crippen LogP contribution in [0, 0.1) is 6.92 Å². The number of nitrogens with one attached hydrogen (secondary N) is 1. The van der Waals surface area contributed by atoms with E-state index in [-0.39, 0.29) is 0 Å². The van der Waals surface area contributed by atoms with Gasteiger partial charge in [0.1, 0.15) is 11.4 Å². The summed E-state index contributed by atoms with van der Waals surface area (Å²) in [6.45, 7) is 5.12. The Hall–Kier alpha value is -2.50. The predicted octanol–water partition coefficient (Wildman–Crippen LogP) is 3.43. The van der Waals surface area contributed by atoms with E-state index in [1.54, 1.807) is 11.9 Å². The predicted molar refractivity (Wildman–Crippen MR) is 104 cm³/mol. The molecule has 0 radical (unpaired) electrons. The summed E-state index contributed by atoms with van der Waals surface area (Å²) in [4.78, 5) is 1.79. The molecule has 1 aromatic heterocycles. The first-order valence-electron chi connectivity index (χ1n) is 9.01. The van der Waals surface area contributed by atoms with E-state index in [1.165, 1.54) is 11.1 Å². The van der Waals surface area contributed by atoms with E-state index in [2.05, 4.69) is 48.6 Å². The fourth-order valence-electron chi connectivity index (χ4n) is 2.80. The highest BCUT2D eigenvalue weighted by molar-refractivity contribution is 5.60. The van der Waals surface area contributed by atoms with Crippen LogP contribution in [0.25, 0.3) is 11.3 Å². The van der Waals surface area contributed by atoms with Gasteiger partial charge in [0.25, 0.3) is 0 Å². The average molecular weight is 350 g/mol. The lowest BCUT2D eigenvalue weighted by Gasteiger charge is -2.03. The highest BCUT2D eigenvalue weighted by Crippen LogP contribution is 2.20. The second kappa shape index (κ2) is 9.27. The van der Waals surface area contributed by atoms with Gasteiger partial charge in [-0.1, -0.05) is 60.2 Å². The first-order chi connectivity index (χ1) is 12.8. The molecule has 0 aliphatic rings. The molecule has 5 nitrogen and oxygen atoms in total. The van der Waals surface area contributed by atoms with Gasteiger partial charge >= 0.3 is 0 Å². The molecule has 0 unspecified atom stereocenters. The smallest absolute Gasteiger partial charge is 0.117 e. The number of ether oxygens (including phenoxy) is 1. The Morgan fingerprint density at radius 3 is 2.50 bits per heavy atom. The van der Waals surface area contributed by atoms with Crippen LogP contribution in [0.5, 0.6) is 0 Å². The second-order valence-electron chi connectivity index (χ2n) is 6.40. The molecule has 5 heteroatoms. The fraction of sp³-hybridized carbons (Fsp3) is 0.333. The van der Waals surface area contributed by atoms with Crippen LogP contribution in [0.1, 0.15) is 23.2 Å². The van der Waals surface area contributed by atoms with Gasteiger partial charge in [-0.05, 0) is 25.5 Å². The third-order valence-corrected chi connectivity index (χ3v) is 4.21. The molecule has 1 N–H and O–H groups in total. The molecule has 0 amide bonds. The fourth-order valence-corrected chi connectivity index (χ4v) is 2.80.